The van der Waals surface area contributed by atoms with Crippen molar-refractivity contribution >= 4 is 27.5 Å². The van der Waals surface area contributed by atoms with Gasteiger partial charge in [-0.25, -0.2) is 8.42 Å². The molecule has 4 rings (SSSR count). The number of rotatable bonds is 13. The van der Waals surface area contributed by atoms with Crippen LogP contribution in [0.4, 0.5) is 5.69 Å². The molecular formula is C37H43N3O4S. The summed E-state index contributed by atoms with van der Waals surface area (Å²) in [5, 5.41) is 3.07. The van der Waals surface area contributed by atoms with E-state index in [1.54, 1.807) is 24.3 Å². The molecule has 2 atom stereocenters. The van der Waals surface area contributed by atoms with E-state index in [1.807, 2.05) is 101 Å². The predicted octanol–water partition coefficient (Wildman–Crippen LogP) is 6.36. The van der Waals surface area contributed by atoms with Crippen molar-refractivity contribution in [2.45, 2.75) is 71.0 Å². The summed E-state index contributed by atoms with van der Waals surface area (Å²) < 4.78 is 29.5. The first-order chi connectivity index (χ1) is 21.5. The van der Waals surface area contributed by atoms with Gasteiger partial charge in [0.1, 0.15) is 12.6 Å². The third-order valence-electron chi connectivity index (χ3n) is 7.98. The number of benzene rings is 4. The lowest BCUT2D eigenvalue weighted by molar-refractivity contribution is -0.140. The third kappa shape index (κ3) is 8.60. The van der Waals surface area contributed by atoms with Crippen molar-refractivity contribution in [2.24, 2.45) is 0 Å². The summed E-state index contributed by atoms with van der Waals surface area (Å²) in [4.78, 5) is 30.1. The van der Waals surface area contributed by atoms with Crippen LogP contribution in [0.15, 0.2) is 108 Å². The molecule has 4 aromatic rings. The second kappa shape index (κ2) is 15.0. The first-order valence-corrected chi connectivity index (χ1v) is 16.8. The van der Waals surface area contributed by atoms with Crippen LogP contribution in [0.25, 0.3) is 0 Å². The Labute approximate surface area is 268 Å². The van der Waals surface area contributed by atoms with Crippen LogP contribution in [0.3, 0.4) is 0 Å². The molecule has 0 saturated carbocycles. The Kier molecular flexibility index (Phi) is 11.2. The van der Waals surface area contributed by atoms with Crippen molar-refractivity contribution in [2.75, 3.05) is 10.8 Å². The highest BCUT2D eigenvalue weighted by molar-refractivity contribution is 7.92. The van der Waals surface area contributed by atoms with Gasteiger partial charge in [0.2, 0.25) is 11.8 Å². The van der Waals surface area contributed by atoms with E-state index in [0.717, 1.165) is 34.2 Å². The first kappa shape index (κ1) is 33.5. The van der Waals surface area contributed by atoms with E-state index in [4.69, 9.17) is 0 Å². The van der Waals surface area contributed by atoms with Crippen molar-refractivity contribution in [3.05, 3.63) is 131 Å². The van der Waals surface area contributed by atoms with E-state index >= 15 is 0 Å². The number of hydrogen-bond acceptors (Lipinski definition) is 4. The number of carbonyl (C=O) groups is 2. The Balaban J connectivity index is 1.82. The van der Waals surface area contributed by atoms with Crippen molar-refractivity contribution in [1.29, 1.82) is 0 Å². The molecule has 236 valence electrons. The van der Waals surface area contributed by atoms with Gasteiger partial charge < -0.3 is 10.2 Å². The number of amides is 2. The number of sulfonamides is 1. The number of nitrogens with one attached hydrogen (secondary N) is 1. The molecule has 0 saturated heterocycles. The van der Waals surface area contributed by atoms with Crippen LogP contribution in [0.1, 0.15) is 48.1 Å². The van der Waals surface area contributed by atoms with Crippen LogP contribution in [-0.4, -0.2) is 43.8 Å². The molecular weight excluding hydrogens is 582 g/mol. The molecule has 2 amide bonds. The Morgan fingerprint density at radius 2 is 1.38 bits per heavy atom. The number of nitrogens with zero attached hydrogens (tertiary/aromatic N) is 2. The summed E-state index contributed by atoms with van der Waals surface area (Å²) in [6.45, 7) is 9.33. The average molecular weight is 626 g/mol. The summed E-state index contributed by atoms with van der Waals surface area (Å²) in [7, 11) is -4.14. The highest BCUT2D eigenvalue weighted by Crippen LogP contribution is 2.28. The normalized spacial score (nSPS) is 12.6. The molecule has 0 fully saturated rings. The van der Waals surface area contributed by atoms with Gasteiger partial charge in [0.05, 0.1) is 10.6 Å². The highest BCUT2D eigenvalue weighted by Gasteiger charge is 2.35. The first-order valence-electron chi connectivity index (χ1n) is 15.3. The van der Waals surface area contributed by atoms with Gasteiger partial charge in [-0.15, -0.1) is 0 Å². The molecule has 1 N–H and O–H groups in total. The second-order valence-electron chi connectivity index (χ2n) is 11.6. The van der Waals surface area contributed by atoms with Gasteiger partial charge in [-0.05, 0) is 69.0 Å². The van der Waals surface area contributed by atoms with E-state index in [-0.39, 0.29) is 29.8 Å². The Bertz CT molecular complexity index is 1690. The van der Waals surface area contributed by atoms with Crippen molar-refractivity contribution in [3.63, 3.8) is 0 Å². The summed E-state index contributed by atoms with van der Waals surface area (Å²) in [6, 6.07) is 30.0. The number of hydrogen-bond donors (Lipinski definition) is 1. The summed E-state index contributed by atoms with van der Waals surface area (Å²) >= 11 is 0. The van der Waals surface area contributed by atoms with E-state index in [2.05, 4.69) is 5.32 Å². The van der Waals surface area contributed by atoms with E-state index in [1.165, 1.54) is 21.3 Å². The minimum Gasteiger partial charge on any atom is -0.352 e. The number of carbonyl (C=O) groups excluding carboxylic acids is 2. The van der Waals surface area contributed by atoms with E-state index < -0.39 is 28.5 Å². The van der Waals surface area contributed by atoms with Gasteiger partial charge in [-0.2, -0.15) is 0 Å². The van der Waals surface area contributed by atoms with Gasteiger partial charge in [-0.3, -0.25) is 13.9 Å². The minimum absolute atomic E-state index is 0.0817. The molecule has 0 spiro atoms. The van der Waals surface area contributed by atoms with Gasteiger partial charge in [0.25, 0.3) is 10.0 Å². The Morgan fingerprint density at radius 1 is 0.778 bits per heavy atom. The van der Waals surface area contributed by atoms with Crippen LogP contribution >= 0.6 is 0 Å². The molecule has 7 nitrogen and oxygen atoms in total. The third-order valence-corrected chi connectivity index (χ3v) is 9.75. The molecule has 0 radical (unpaired) electrons. The molecule has 45 heavy (non-hydrogen) atoms. The zero-order valence-corrected chi connectivity index (χ0v) is 27.6. The quantitative estimate of drug-likeness (QED) is 0.187. The van der Waals surface area contributed by atoms with Gasteiger partial charge in [-0.1, -0.05) is 103 Å². The maximum atomic E-state index is 14.6. The topological polar surface area (TPSA) is 86.8 Å². The van der Waals surface area contributed by atoms with Gasteiger partial charge in [0.15, 0.2) is 0 Å². The Morgan fingerprint density at radius 3 is 1.98 bits per heavy atom. The lowest BCUT2D eigenvalue weighted by atomic mass is 10.0. The zero-order chi connectivity index (χ0) is 32.6. The molecule has 0 aliphatic carbocycles. The van der Waals surface area contributed by atoms with E-state index in [0.29, 0.717) is 5.69 Å². The number of anilines is 1. The molecule has 0 aliphatic rings. The van der Waals surface area contributed by atoms with Crippen molar-refractivity contribution < 1.29 is 18.0 Å². The monoisotopic (exact) mass is 625 g/mol. The maximum Gasteiger partial charge on any atom is 0.264 e. The molecule has 0 aromatic heterocycles. The molecule has 8 heteroatoms. The molecule has 0 aliphatic heterocycles. The minimum atomic E-state index is -4.14. The molecule has 4 aromatic carbocycles. The molecule has 0 unspecified atom stereocenters. The maximum absolute atomic E-state index is 14.6. The van der Waals surface area contributed by atoms with Gasteiger partial charge >= 0.3 is 0 Å². The summed E-state index contributed by atoms with van der Waals surface area (Å²) in [6.07, 6.45) is 1.00. The number of aryl methyl sites for hydroxylation is 3. The highest BCUT2D eigenvalue weighted by atomic mass is 32.2. The van der Waals surface area contributed by atoms with Crippen LogP contribution < -0.4 is 9.62 Å². The van der Waals surface area contributed by atoms with Crippen molar-refractivity contribution in [1.82, 2.24) is 10.2 Å². The average Bonchev–Trinajstić information content (AvgIpc) is 3.03. The standard InChI is InChI=1S/C37H43N3O4S/c1-6-30(5)38-37(42)35(24-31-13-9-7-10-14-31)39(25-32-20-17-27(2)18-21-32)36(41)26-40(34-22-19-28(3)23-29(34)4)45(43,44)33-15-11-8-12-16-33/h7-23,30,35H,6,24-26H2,1-5H3,(H,38,42)/t30-,35-/m1/s1. The predicted molar refractivity (Wildman–Crippen MR) is 180 cm³/mol. The fourth-order valence-corrected chi connectivity index (χ4v) is 6.70. The van der Waals surface area contributed by atoms with Gasteiger partial charge in [0, 0.05) is 19.0 Å². The van der Waals surface area contributed by atoms with Crippen LogP contribution in [0.2, 0.25) is 0 Å². The molecule has 0 bridgehead atoms. The summed E-state index contributed by atoms with van der Waals surface area (Å²) in [5.74, 6) is -0.757. The second-order valence-corrected chi connectivity index (χ2v) is 13.5. The molecule has 0 heterocycles. The SMILES string of the molecule is CC[C@@H](C)NC(=O)[C@@H](Cc1ccccc1)N(Cc1ccc(C)cc1)C(=O)CN(c1ccc(C)cc1C)S(=O)(=O)c1ccccc1. The van der Waals surface area contributed by atoms with Crippen LogP contribution in [0, 0.1) is 20.8 Å². The lowest BCUT2D eigenvalue weighted by Crippen LogP contribution is -2.54. The fraction of sp³-hybridized carbons (Fsp3) is 0.297. The van der Waals surface area contributed by atoms with Crippen LogP contribution in [-0.2, 0) is 32.6 Å². The van der Waals surface area contributed by atoms with Crippen LogP contribution in [0.5, 0.6) is 0 Å². The Hall–Kier alpha value is -4.43. The fourth-order valence-electron chi connectivity index (χ4n) is 5.20. The zero-order valence-electron chi connectivity index (χ0n) is 26.7. The lowest BCUT2D eigenvalue weighted by Gasteiger charge is -2.34. The largest absolute Gasteiger partial charge is 0.352 e. The van der Waals surface area contributed by atoms with Crippen molar-refractivity contribution in [3.8, 4) is 0 Å². The smallest absolute Gasteiger partial charge is 0.264 e. The van der Waals surface area contributed by atoms with E-state index in [9.17, 15) is 18.0 Å². The summed E-state index contributed by atoms with van der Waals surface area (Å²) in [5.41, 5.74) is 4.92.